The third-order valence-electron chi connectivity index (χ3n) is 9.58. The highest BCUT2D eigenvalue weighted by Crippen LogP contribution is 2.37. The van der Waals surface area contributed by atoms with Crippen LogP contribution in [0, 0.1) is 11.8 Å². The Bertz CT molecular complexity index is 1620. The number of aromatic amines is 1. The molecule has 0 radical (unpaired) electrons. The number of nitrogens with one attached hydrogen (secondary N) is 3. The van der Waals surface area contributed by atoms with Crippen molar-refractivity contribution in [3.8, 4) is 11.5 Å². The van der Waals surface area contributed by atoms with Gasteiger partial charge in [-0.05, 0) is 61.3 Å². The Hall–Kier alpha value is -3.64. The predicted octanol–water partition coefficient (Wildman–Crippen LogP) is 4.41. The number of aromatic hydroxyl groups is 1. The van der Waals surface area contributed by atoms with Gasteiger partial charge in [0.2, 0.25) is 17.4 Å². The van der Waals surface area contributed by atoms with Crippen molar-refractivity contribution < 1.29 is 24.5 Å². The molecule has 47 heavy (non-hydrogen) atoms. The number of nitrogens with zero attached hydrogens (tertiary/aromatic N) is 2. The van der Waals surface area contributed by atoms with E-state index < -0.39 is 6.10 Å². The van der Waals surface area contributed by atoms with E-state index in [2.05, 4.69) is 20.5 Å². The standard InChI is InChI=1S/C35H46ClN5O6/c1-40(34(46)13-15-41-20-22-6-5-7-23(22)21-41)14-4-3-8-32(44)38-28-17-31(47-2)24(16-27(28)36)18-37-19-30(43)25-9-11-29(42)35-26(25)10-12-33(45)39-35/h9-12,16-17,22-23,30,37,42-43H,3-8,13-15,18-21H2,1-2H3,(H,38,44)(H,39,45)/t22-,23?,30+/m1/s1. The molecule has 3 atom stereocenters. The van der Waals surface area contributed by atoms with Crippen LogP contribution in [0.2, 0.25) is 5.02 Å². The van der Waals surface area contributed by atoms with Crippen LogP contribution < -0.4 is 20.9 Å². The van der Waals surface area contributed by atoms with Crippen molar-refractivity contribution in [2.45, 2.75) is 57.6 Å². The molecule has 2 fully saturated rings. The van der Waals surface area contributed by atoms with Crippen molar-refractivity contribution in [2.75, 3.05) is 52.2 Å². The number of fused-ring (bicyclic) bond motifs is 2. The summed E-state index contributed by atoms with van der Waals surface area (Å²) in [6.45, 7) is 4.24. The number of carbonyl (C=O) groups is 2. The van der Waals surface area contributed by atoms with Gasteiger partial charge in [-0.15, -0.1) is 0 Å². The van der Waals surface area contributed by atoms with Crippen LogP contribution in [0.3, 0.4) is 0 Å². The first-order valence-corrected chi connectivity index (χ1v) is 16.9. The van der Waals surface area contributed by atoms with Gasteiger partial charge in [0.25, 0.3) is 0 Å². The zero-order chi connectivity index (χ0) is 33.5. The van der Waals surface area contributed by atoms with Crippen LogP contribution in [0.1, 0.15) is 62.2 Å². The molecule has 1 unspecified atom stereocenters. The van der Waals surface area contributed by atoms with E-state index in [1.807, 2.05) is 7.05 Å². The van der Waals surface area contributed by atoms with E-state index in [-0.39, 0.29) is 35.2 Å². The number of unbranched alkanes of at least 4 members (excludes halogenated alkanes) is 1. The van der Waals surface area contributed by atoms with Crippen LogP contribution in [0.15, 0.2) is 41.2 Å². The summed E-state index contributed by atoms with van der Waals surface area (Å²) in [5.74, 6) is 2.11. The topological polar surface area (TPSA) is 147 Å². The molecule has 0 bridgehead atoms. The summed E-state index contributed by atoms with van der Waals surface area (Å²) in [4.78, 5) is 43.8. The number of aliphatic hydroxyl groups excluding tert-OH is 1. The molecule has 2 aromatic carbocycles. The largest absolute Gasteiger partial charge is 0.506 e. The van der Waals surface area contributed by atoms with Crippen LogP contribution >= 0.6 is 11.6 Å². The lowest BCUT2D eigenvalue weighted by Gasteiger charge is -2.20. The van der Waals surface area contributed by atoms with E-state index in [1.54, 1.807) is 29.2 Å². The highest BCUT2D eigenvalue weighted by molar-refractivity contribution is 6.33. The molecular weight excluding hydrogens is 622 g/mol. The summed E-state index contributed by atoms with van der Waals surface area (Å²) in [5, 5.41) is 27.9. The Kier molecular flexibility index (Phi) is 11.8. The number of phenolic OH excluding ortho intramolecular Hbond substituents is 1. The molecule has 2 aliphatic rings. The van der Waals surface area contributed by atoms with Crippen LogP contribution in [0.4, 0.5) is 5.69 Å². The number of phenols is 1. The summed E-state index contributed by atoms with van der Waals surface area (Å²) >= 11 is 6.53. The Labute approximate surface area is 280 Å². The Morgan fingerprint density at radius 2 is 1.89 bits per heavy atom. The van der Waals surface area contributed by atoms with Crippen LogP contribution in [0.25, 0.3) is 10.9 Å². The molecular formula is C35H46ClN5O6. The number of methoxy groups -OCH3 is 1. The first kappa shape index (κ1) is 34.7. The van der Waals surface area contributed by atoms with E-state index in [0.717, 1.165) is 43.5 Å². The number of H-pyrrole nitrogens is 1. The molecule has 12 heteroatoms. The number of likely N-dealkylation sites (tertiary alicyclic amines) is 1. The minimum atomic E-state index is -0.920. The number of pyridine rings is 1. The molecule has 1 saturated carbocycles. The second-order valence-electron chi connectivity index (χ2n) is 12.9. The normalized spacial score (nSPS) is 18.3. The maximum absolute atomic E-state index is 12.7. The number of aromatic nitrogens is 1. The molecule has 5 rings (SSSR count). The zero-order valence-corrected chi connectivity index (χ0v) is 27.9. The smallest absolute Gasteiger partial charge is 0.248 e. The molecule has 1 aromatic heterocycles. The third kappa shape index (κ3) is 8.84. The van der Waals surface area contributed by atoms with Crippen molar-refractivity contribution >= 4 is 40.0 Å². The quantitative estimate of drug-likeness (QED) is 0.150. The van der Waals surface area contributed by atoms with Gasteiger partial charge in [0.05, 0.1) is 29.4 Å². The third-order valence-corrected chi connectivity index (χ3v) is 9.89. The van der Waals surface area contributed by atoms with Crippen LogP contribution in [-0.2, 0) is 16.1 Å². The van der Waals surface area contributed by atoms with Crippen molar-refractivity contribution in [2.24, 2.45) is 11.8 Å². The first-order chi connectivity index (χ1) is 22.6. The second-order valence-corrected chi connectivity index (χ2v) is 13.3. The first-order valence-electron chi connectivity index (χ1n) is 16.5. The minimum absolute atomic E-state index is 0.0720. The summed E-state index contributed by atoms with van der Waals surface area (Å²) in [6.07, 6.45) is 5.34. The fraction of sp³-hybridized carbons (Fsp3) is 0.514. The molecule has 2 heterocycles. The van der Waals surface area contributed by atoms with E-state index >= 15 is 0 Å². The number of ether oxygens (including phenoxy) is 1. The summed E-state index contributed by atoms with van der Waals surface area (Å²) in [7, 11) is 3.37. The molecule has 1 aliphatic carbocycles. The number of hydrogen-bond donors (Lipinski definition) is 5. The number of carbonyl (C=O) groups excluding carboxylic acids is 2. The van der Waals surface area contributed by atoms with Crippen LogP contribution in [-0.4, -0.2) is 83.7 Å². The number of aliphatic hydroxyl groups is 1. The zero-order valence-electron chi connectivity index (χ0n) is 27.2. The molecule has 5 N–H and O–H groups in total. The minimum Gasteiger partial charge on any atom is -0.506 e. The van der Waals surface area contributed by atoms with E-state index in [1.165, 1.54) is 38.5 Å². The average Bonchev–Trinajstić information content (AvgIpc) is 3.66. The molecule has 3 aromatic rings. The monoisotopic (exact) mass is 667 g/mol. The fourth-order valence-electron chi connectivity index (χ4n) is 6.95. The number of rotatable bonds is 15. The van der Waals surface area contributed by atoms with Gasteiger partial charge in [0.15, 0.2) is 0 Å². The predicted molar refractivity (Wildman–Crippen MR) is 183 cm³/mol. The van der Waals surface area contributed by atoms with Gasteiger partial charge < -0.3 is 40.4 Å². The van der Waals surface area contributed by atoms with Gasteiger partial charge in [0.1, 0.15) is 11.5 Å². The number of amides is 2. The lowest BCUT2D eigenvalue weighted by molar-refractivity contribution is -0.130. The van der Waals surface area contributed by atoms with E-state index in [9.17, 15) is 24.6 Å². The molecule has 254 valence electrons. The van der Waals surface area contributed by atoms with E-state index in [0.29, 0.717) is 59.8 Å². The Morgan fingerprint density at radius 3 is 2.64 bits per heavy atom. The lowest BCUT2D eigenvalue weighted by Crippen LogP contribution is -2.32. The van der Waals surface area contributed by atoms with Gasteiger partial charge >= 0.3 is 0 Å². The van der Waals surface area contributed by atoms with Crippen LogP contribution in [0.5, 0.6) is 11.5 Å². The SMILES string of the molecule is COc1cc(NC(=O)CCCCN(C)C(=O)CCN2CC3CCC[C@@H]3C2)c(Cl)cc1CNC[C@H](O)c1ccc(O)c2[nH]c(=O)ccc12. The highest BCUT2D eigenvalue weighted by atomic mass is 35.5. The molecule has 1 aliphatic heterocycles. The maximum atomic E-state index is 12.7. The second kappa shape index (κ2) is 16.0. The fourth-order valence-corrected chi connectivity index (χ4v) is 7.19. The van der Waals surface area contributed by atoms with Gasteiger partial charge in [-0.25, -0.2) is 0 Å². The Morgan fingerprint density at radius 1 is 1.13 bits per heavy atom. The lowest BCUT2D eigenvalue weighted by atomic mass is 10.0. The van der Waals surface area contributed by atoms with Gasteiger partial charge in [-0.3, -0.25) is 14.4 Å². The number of hydrogen-bond acceptors (Lipinski definition) is 8. The Balaban J connectivity index is 1.04. The van der Waals surface area contributed by atoms with Crippen molar-refractivity contribution in [1.82, 2.24) is 20.1 Å². The number of halogens is 1. The molecule has 1 saturated heterocycles. The average molecular weight is 668 g/mol. The van der Waals surface area contributed by atoms with Gasteiger partial charge in [-0.2, -0.15) is 0 Å². The summed E-state index contributed by atoms with van der Waals surface area (Å²) in [5.41, 5.74) is 1.67. The summed E-state index contributed by atoms with van der Waals surface area (Å²) < 4.78 is 5.55. The van der Waals surface area contributed by atoms with Gasteiger partial charge in [0, 0.05) is 82.2 Å². The maximum Gasteiger partial charge on any atom is 0.248 e. The van der Waals surface area contributed by atoms with Crippen molar-refractivity contribution in [3.63, 3.8) is 0 Å². The van der Waals surface area contributed by atoms with Crippen molar-refractivity contribution in [1.29, 1.82) is 0 Å². The van der Waals surface area contributed by atoms with E-state index in [4.69, 9.17) is 16.3 Å². The highest BCUT2D eigenvalue weighted by Gasteiger charge is 2.35. The van der Waals surface area contributed by atoms with Crippen molar-refractivity contribution in [3.05, 3.63) is 62.9 Å². The van der Waals surface area contributed by atoms with Gasteiger partial charge in [-0.1, -0.05) is 24.1 Å². The molecule has 11 nitrogen and oxygen atoms in total. The molecule has 0 spiro atoms. The number of anilines is 1. The summed E-state index contributed by atoms with van der Waals surface area (Å²) in [6, 6.07) is 9.37. The molecule has 2 amide bonds. The number of benzene rings is 2.